The summed E-state index contributed by atoms with van der Waals surface area (Å²) in [4.78, 5) is 10.4. The van der Waals surface area contributed by atoms with E-state index in [1.54, 1.807) is 11.3 Å². The fraction of sp³-hybridized carbons (Fsp3) is 0.429. The molecule has 0 amide bonds. The maximum Gasteiger partial charge on any atom is 0.130 e. The zero-order chi connectivity index (χ0) is 12.4. The van der Waals surface area contributed by atoms with E-state index in [1.807, 2.05) is 12.3 Å². The van der Waals surface area contributed by atoms with Crippen molar-refractivity contribution in [2.24, 2.45) is 0 Å². The molecule has 3 nitrogen and oxygen atoms in total. The molecule has 4 heteroatoms. The van der Waals surface area contributed by atoms with E-state index in [0.29, 0.717) is 6.04 Å². The van der Waals surface area contributed by atoms with Crippen molar-refractivity contribution in [3.8, 4) is 10.6 Å². The van der Waals surface area contributed by atoms with Crippen molar-refractivity contribution in [2.75, 3.05) is 6.54 Å². The SMILES string of the molecule is Cc1ccsc1-c1ccnc(CC2CCCN2)n1. The first kappa shape index (κ1) is 11.8. The van der Waals surface area contributed by atoms with Gasteiger partial charge in [0, 0.05) is 18.7 Å². The van der Waals surface area contributed by atoms with Crippen LogP contribution >= 0.6 is 11.3 Å². The molecule has 0 aliphatic carbocycles. The number of aromatic nitrogens is 2. The van der Waals surface area contributed by atoms with Gasteiger partial charge in [-0.1, -0.05) is 0 Å². The second-order valence-electron chi connectivity index (χ2n) is 4.79. The summed E-state index contributed by atoms with van der Waals surface area (Å²) in [5.41, 5.74) is 2.36. The molecule has 3 heterocycles. The van der Waals surface area contributed by atoms with Crippen LogP contribution in [-0.2, 0) is 6.42 Å². The van der Waals surface area contributed by atoms with Crippen LogP contribution in [0.15, 0.2) is 23.7 Å². The molecule has 0 radical (unpaired) electrons. The standard InChI is InChI=1S/C14H17N3S/c1-10-5-8-18-14(10)12-4-7-16-13(17-12)9-11-3-2-6-15-11/h4-5,7-8,11,15H,2-3,6,9H2,1H3. The van der Waals surface area contributed by atoms with Crippen molar-refractivity contribution in [3.05, 3.63) is 35.1 Å². The van der Waals surface area contributed by atoms with Crippen LogP contribution < -0.4 is 5.32 Å². The molecule has 0 saturated carbocycles. The number of hydrogen-bond acceptors (Lipinski definition) is 4. The van der Waals surface area contributed by atoms with Gasteiger partial charge in [0.1, 0.15) is 5.82 Å². The fourth-order valence-corrected chi connectivity index (χ4v) is 3.31. The minimum absolute atomic E-state index is 0.560. The fourth-order valence-electron chi connectivity index (χ4n) is 2.41. The Kier molecular flexibility index (Phi) is 3.39. The Balaban J connectivity index is 1.82. The highest BCUT2D eigenvalue weighted by molar-refractivity contribution is 7.13. The Hall–Kier alpha value is -1.26. The molecule has 1 unspecified atom stereocenters. The van der Waals surface area contributed by atoms with Crippen molar-refractivity contribution >= 4 is 11.3 Å². The molecule has 3 rings (SSSR count). The lowest BCUT2D eigenvalue weighted by atomic mass is 10.1. The summed E-state index contributed by atoms with van der Waals surface area (Å²) in [6.07, 6.45) is 5.34. The molecule has 0 spiro atoms. The normalized spacial score (nSPS) is 19.3. The summed E-state index contributed by atoms with van der Waals surface area (Å²) >= 11 is 1.75. The third-order valence-electron chi connectivity index (χ3n) is 3.39. The van der Waals surface area contributed by atoms with E-state index < -0.39 is 0 Å². The van der Waals surface area contributed by atoms with Crippen LogP contribution in [0.1, 0.15) is 24.2 Å². The lowest BCUT2D eigenvalue weighted by Gasteiger charge is -2.09. The lowest BCUT2D eigenvalue weighted by molar-refractivity contribution is 0.585. The second kappa shape index (κ2) is 5.16. The van der Waals surface area contributed by atoms with Crippen LogP contribution in [0, 0.1) is 6.92 Å². The van der Waals surface area contributed by atoms with Gasteiger partial charge in [0.15, 0.2) is 0 Å². The van der Waals surface area contributed by atoms with Gasteiger partial charge < -0.3 is 5.32 Å². The highest BCUT2D eigenvalue weighted by Crippen LogP contribution is 2.27. The number of rotatable bonds is 3. The zero-order valence-electron chi connectivity index (χ0n) is 10.5. The van der Waals surface area contributed by atoms with Crippen LogP contribution in [0.2, 0.25) is 0 Å². The molecule has 1 saturated heterocycles. The monoisotopic (exact) mass is 259 g/mol. The van der Waals surface area contributed by atoms with Crippen molar-refractivity contribution in [1.82, 2.24) is 15.3 Å². The average Bonchev–Trinajstić information content (AvgIpc) is 3.01. The van der Waals surface area contributed by atoms with Crippen LogP contribution in [0.5, 0.6) is 0 Å². The Morgan fingerprint density at radius 1 is 1.44 bits per heavy atom. The quantitative estimate of drug-likeness (QED) is 0.921. The summed E-state index contributed by atoms with van der Waals surface area (Å²) < 4.78 is 0. The molecular weight excluding hydrogens is 242 g/mol. The summed E-state index contributed by atoms with van der Waals surface area (Å²) in [5.74, 6) is 0.958. The predicted octanol–water partition coefficient (Wildman–Crippen LogP) is 2.81. The molecule has 2 aromatic heterocycles. The van der Waals surface area contributed by atoms with Crippen LogP contribution in [0.25, 0.3) is 10.6 Å². The molecule has 18 heavy (non-hydrogen) atoms. The van der Waals surface area contributed by atoms with Crippen molar-refractivity contribution < 1.29 is 0 Å². The van der Waals surface area contributed by atoms with E-state index in [4.69, 9.17) is 4.98 Å². The average molecular weight is 259 g/mol. The minimum Gasteiger partial charge on any atom is -0.314 e. The van der Waals surface area contributed by atoms with E-state index >= 15 is 0 Å². The van der Waals surface area contributed by atoms with E-state index in [9.17, 15) is 0 Å². The Bertz CT molecular complexity index is 529. The van der Waals surface area contributed by atoms with Gasteiger partial charge in [0.2, 0.25) is 0 Å². The number of aryl methyl sites for hydroxylation is 1. The van der Waals surface area contributed by atoms with E-state index in [1.165, 1.54) is 23.3 Å². The van der Waals surface area contributed by atoms with Gasteiger partial charge in [-0.2, -0.15) is 0 Å². The third kappa shape index (κ3) is 2.44. The highest BCUT2D eigenvalue weighted by atomic mass is 32.1. The maximum atomic E-state index is 4.70. The van der Waals surface area contributed by atoms with Gasteiger partial charge in [0.25, 0.3) is 0 Å². The summed E-state index contributed by atoms with van der Waals surface area (Å²) in [7, 11) is 0. The Morgan fingerprint density at radius 2 is 2.39 bits per heavy atom. The molecule has 1 aliphatic heterocycles. The molecule has 1 atom stereocenters. The van der Waals surface area contributed by atoms with E-state index in [2.05, 4.69) is 28.7 Å². The first-order valence-corrected chi connectivity index (χ1v) is 7.30. The molecule has 2 aromatic rings. The number of nitrogens with zero attached hydrogens (tertiary/aromatic N) is 2. The summed E-state index contributed by atoms with van der Waals surface area (Å²) in [6.45, 7) is 3.26. The van der Waals surface area contributed by atoms with Crippen molar-refractivity contribution in [2.45, 2.75) is 32.2 Å². The highest BCUT2D eigenvalue weighted by Gasteiger charge is 2.16. The van der Waals surface area contributed by atoms with Crippen molar-refractivity contribution in [3.63, 3.8) is 0 Å². The number of thiophene rings is 1. The first-order valence-electron chi connectivity index (χ1n) is 6.43. The summed E-state index contributed by atoms with van der Waals surface area (Å²) in [6, 6.07) is 4.70. The molecule has 0 aromatic carbocycles. The maximum absolute atomic E-state index is 4.70. The van der Waals surface area contributed by atoms with Gasteiger partial charge in [-0.15, -0.1) is 11.3 Å². The minimum atomic E-state index is 0.560. The molecule has 1 N–H and O–H groups in total. The molecular formula is C14H17N3S. The Labute approximate surface area is 111 Å². The molecule has 1 fully saturated rings. The number of hydrogen-bond donors (Lipinski definition) is 1. The second-order valence-corrected chi connectivity index (χ2v) is 5.70. The van der Waals surface area contributed by atoms with Gasteiger partial charge in [-0.25, -0.2) is 9.97 Å². The van der Waals surface area contributed by atoms with Gasteiger partial charge >= 0.3 is 0 Å². The van der Waals surface area contributed by atoms with Gasteiger partial charge in [0.05, 0.1) is 10.6 Å². The lowest BCUT2D eigenvalue weighted by Crippen LogP contribution is -2.24. The van der Waals surface area contributed by atoms with Crippen LogP contribution in [0.4, 0.5) is 0 Å². The molecule has 0 bridgehead atoms. The zero-order valence-corrected chi connectivity index (χ0v) is 11.3. The first-order chi connectivity index (χ1) is 8.83. The largest absolute Gasteiger partial charge is 0.314 e. The van der Waals surface area contributed by atoms with Crippen LogP contribution in [-0.4, -0.2) is 22.6 Å². The van der Waals surface area contributed by atoms with Crippen LogP contribution in [0.3, 0.4) is 0 Å². The van der Waals surface area contributed by atoms with Gasteiger partial charge in [-0.05, 0) is 49.4 Å². The van der Waals surface area contributed by atoms with E-state index in [0.717, 1.165) is 24.5 Å². The molecule has 1 aliphatic rings. The number of nitrogens with one attached hydrogen (secondary N) is 1. The Morgan fingerprint density at radius 3 is 3.11 bits per heavy atom. The van der Waals surface area contributed by atoms with E-state index in [-0.39, 0.29) is 0 Å². The third-order valence-corrected chi connectivity index (χ3v) is 4.43. The van der Waals surface area contributed by atoms with Crippen molar-refractivity contribution in [1.29, 1.82) is 0 Å². The predicted molar refractivity (Wildman–Crippen MR) is 74.8 cm³/mol. The van der Waals surface area contributed by atoms with Gasteiger partial charge in [-0.3, -0.25) is 0 Å². The topological polar surface area (TPSA) is 37.8 Å². The summed E-state index contributed by atoms with van der Waals surface area (Å²) in [5, 5.41) is 5.61. The smallest absolute Gasteiger partial charge is 0.130 e. The molecule has 94 valence electrons.